The Morgan fingerprint density at radius 3 is 3.06 bits per heavy atom. The molecule has 5 heteroatoms. The van der Waals surface area contributed by atoms with E-state index in [1.807, 2.05) is 6.07 Å². The van der Waals surface area contributed by atoms with Crippen LogP contribution in [0.2, 0.25) is 0 Å². The van der Waals surface area contributed by atoms with Crippen molar-refractivity contribution in [2.24, 2.45) is 0 Å². The lowest BCUT2D eigenvalue weighted by molar-refractivity contribution is 0.614. The Hall–Kier alpha value is -1.75. The number of H-pyrrole nitrogens is 1. The van der Waals surface area contributed by atoms with Gasteiger partial charge in [0.15, 0.2) is 0 Å². The molecule has 2 aromatic rings. The molecular weight excluding hydrogens is 219 g/mol. The molecule has 1 heterocycles. The Bertz CT molecular complexity index is 442. The average molecular weight is 234 g/mol. The lowest BCUT2D eigenvalue weighted by Crippen LogP contribution is -2.15. The highest BCUT2D eigenvalue weighted by Crippen LogP contribution is 2.02. The van der Waals surface area contributed by atoms with E-state index in [1.54, 1.807) is 12.1 Å². The van der Waals surface area contributed by atoms with Crippen molar-refractivity contribution in [2.45, 2.75) is 19.4 Å². The molecule has 2 rings (SSSR count). The minimum atomic E-state index is -0.189. The molecule has 1 aromatic heterocycles. The van der Waals surface area contributed by atoms with Crippen LogP contribution in [0.1, 0.15) is 17.8 Å². The third-order valence-corrected chi connectivity index (χ3v) is 2.45. The Morgan fingerprint density at radius 1 is 1.35 bits per heavy atom. The van der Waals surface area contributed by atoms with E-state index < -0.39 is 0 Å². The highest BCUT2D eigenvalue weighted by Gasteiger charge is 1.97. The molecule has 90 valence electrons. The van der Waals surface area contributed by atoms with E-state index in [1.165, 1.54) is 12.4 Å². The third-order valence-electron chi connectivity index (χ3n) is 2.45. The van der Waals surface area contributed by atoms with Crippen LogP contribution >= 0.6 is 0 Å². The Labute approximate surface area is 99.3 Å². The zero-order valence-corrected chi connectivity index (χ0v) is 9.49. The fourth-order valence-corrected chi connectivity index (χ4v) is 1.61. The normalized spacial score (nSPS) is 10.6. The molecule has 17 heavy (non-hydrogen) atoms. The van der Waals surface area contributed by atoms with Crippen LogP contribution in [0.25, 0.3) is 0 Å². The van der Waals surface area contributed by atoms with Crippen LogP contribution in [-0.4, -0.2) is 21.7 Å². The van der Waals surface area contributed by atoms with Gasteiger partial charge in [0, 0.05) is 13.0 Å². The van der Waals surface area contributed by atoms with Crippen molar-refractivity contribution < 1.29 is 4.39 Å². The summed E-state index contributed by atoms with van der Waals surface area (Å²) < 4.78 is 12.9. The molecule has 0 saturated carbocycles. The molecule has 0 aliphatic carbocycles. The fraction of sp³-hybridized carbons (Fsp3) is 0.333. The van der Waals surface area contributed by atoms with Gasteiger partial charge in [-0.15, -0.1) is 0 Å². The Balaban J connectivity index is 1.63. The van der Waals surface area contributed by atoms with E-state index in [4.69, 9.17) is 0 Å². The van der Waals surface area contributed by atoms with Gasteiger partial charge in [0.2, 0.25) is 0 Å². The first kappa shape index (κ1) is 11.7. The van der Waals surface area contributed by atoms with Gasteiger partial charge in [-0.3, -0.25) is 5.10 Å². The van der Waals surface area contributed by atoms with Crippen molar-refractivity contribution in [1.29, 1.82) is 0 Å². The zero-order chi connectivity index (χ0) is 11.9. The summed E-state index contributed by atoms with van der Waals surface area (Å²) in [6.45, 7) is 1.56. The van der Waals surface area contributed by atoms with Crippen molar-refractivity contribution in [3.05, 3.63) is 47.8 Å². The Morgan fingerprint density at radius 2 is 2.29 bits per heavy atom. The monoisotopic (exact) mass is 234 g/mol. The predicted octanol–water partition coefficient (Wildman–Crippen LogP) is 1.67. The SMILES string of the molecule is Fc1cccc(CNCCCc2ncn[nH]2)c1. The molecular formula is C12H15FN4. The number of halogens is 1. The molecule has 0 aliphatic rings. The van der Waals surface area contributed by atoms with Crippen LogP contribution in [0.5, 0.6) is 0 Å². The Kier molecular flexibility index (Phi) is 4.21. The number of hydrogen-bond acceptors (Lipinski definition) is 3. The van der Waals surface area contributed by atoms with Gasteiger partial charge in [0.05, 0.1) is 0 Å². The van der Waals surface area contributed by atoms with E-state index in [9.17, 15) is 4.39 Å². The van der Waals surface area contributed by atoms with E-state index in [-0.39, 0.29) is 5.82 Å². The molecule has 0 fully saturated rings. The minimum absolute atomic E-state index is 0.189. The van der Waals surface area contributed by atoms with Crippen molar-refractivity contribution in [3.63, 3.8) is 0 Å². The summed E-state index contributed by atoms with van der Waals surface area (Å²) >= 11 is 0. The van der Waals surface area contributed by atoms with E-state index >= 15 is 0 Å². The van der Waals surface area contributed by atoms with Crippen LogP contribution < -0.4 is 5.32 Å². The second kappa shape index (κ2) is 6.10. The summed E-state index contributed by atoms with van der Waals surface area (Å²) in [5.41, 5.74) is 0.963. The van der Waals surface area contributed by atoms with Crippen LogP contribution in [0.3, 0.4) is 0 Å². The number of aromatic nitrogens is 3. The summed E-state index contributed by atoms with van der Waals surface area (Å²) in [6.07, 6.45) is 3.36. The van der Waals surface area contributed by atoms with Gasteiger partial charge < -0.3 is 5.32 Å². The summed E-state index contributed by atoms with van der Waals surface area (Å²) in [5.74, 6) is 0.712. The second-order valence-electron chi connectivity index (χ2n) is 3.84. The summed E-state index contributed by atoms with van der Waals surface area (Å²) in [7, 11) is 0. The molecule has 2 N–H and O–H groups in total. The number of aryl methyl sites for hydroxylation is 1. The quantitative estimate of drug-likeness (QED) is 0.747. The van der Waals surface area contributed by atoms with E-state index in [0.29, 0.717) is 6.54 Å². The topological polar surface area (TPSA) is 53.6 Å². The third kappa shape index (κ3) is 3.96. The second-order valence-corrected chi connectivity index (χ2v) is 3.84. The van der Waals surface area contributed by atoms with Gasteiger partial charge in [0.1, 0.15) is 18.0 Å². The molecule has 1 aromatic carbocycles. The molecule has 0 bridgehead atoms. The van der Waals surface area contributed by atoms with Crippen molar-refractivity contribution in [2.75, 3.05) is 6.54 Å². The maximum absolute atomic E-state index is 12.9. The lowest BCUT2D eigenvalue weighted by Gasteiger charge is -2.04. The van der Waals surface area contributed by atoms with E-state index in [0.717, 1.165) is 30.8 Å². The van der Waals surface area contributed by atoms with Gasteiger partial charge in [-0.25, -0.2) is 9.37 Å². The molecule has 0 saturated heterocycles. The number of nitrogens with zero attached hydrogens (tertiary/aromatic N) is 2. The molecule has 0 spiro atoms. The van der Waals surface area contributed by atoms with Crippen molar-refractivity contribution in [1.82, 2.24) is 20.5 Å². The zero-order valence-electron chi connectivity index (χ0n) is 9.49. The minimum Gasteiger partial charge on any atom is -0.313 e. The maximum atomic E-state index is 12.9. The number of hydrogen-bond donors (Lipinski definition) is 2. The molecule has 0 atom stereocenters. The summed E-state index contributed by atoms with van der Waals surface area (Å²) in [5, 5.41) is 9.86. The highest BCUT2D eigenvalue weighted by molar-refractivity contribution is 5.15. The smallest absolute Gasteiger partial charge is 0.137 e. The van der Waals surface area contributed by atoms with Crippen LogP contribution in [-0.2, 0) is 13.0 Å². The molecule has 0 amide bonds. The maximum Gasteiger partial charge on any atom is 0.137 e. The molecule has 0 radical (unpaired) electrons. The molecule has 0 aliphatic heterocycles. The summed E-state index contributed by atoms with van der Waals surface area (Å²) in [4.78, 5) is 4.04. The van der Waals surface area contributed by atoms with Gasteiger partial charge in [-0.05, 0) is 30.7 Å². The standard InChI is InChI=1S/C12H15FN4/c13-11-4-1-3-10(7-11)8-14-6-2-5-12-15-9-16-17-12/h1,3-4,7,9,14H,2,5-6,8H2,(H,15,16,17). The van der Waals surface area contributed by atoms with Crippen LogP contribution in [0.4, 0.5) is 4.39 Å². The van der Waals surface area contributed by atoms with Gasteiger partial charge in [-0.2, -0.15) is 5.10 Å². The fourth-order valence-electron chi connectivity index (χ4n) is 1.61. The van der Waals surface area contributed by atoms with Crippen LogP contribution in [0.15, 0.2) is 30.6 Å². The lowest BCUT2D eigenvalue weighted by atomic mass is 10.2. The number of benzene rings is 1. The van der Waals surface area contributed by atoms with Gasteiger partial charge in [0.25, 0.3) is 0 Å². The number of aromatic amines is 1. The largest absolute Gasteiger partial charge is 0.313 e. The van der Waals surface area contributed by atoms with Gasteiger partial charge >= 0.3 is 0 Å². The van der Waals surface area contributed by atoms with Crippen LogP contribution in [0, 0.1) is 5.82 Å². The highest BCUT2D eigenvalue weighted by atomic mass is 19.1. The summed E-state index contributed by atoms with van der Waals surface area (Å²) in [6, 6.07) is 6.63. The van der Waals surface area contributed by atoms with Crippen molar-refractivity contribution in [3.8, 4) is 0 Å². The van der Waals surface area contributed by atoms with Gasteiger partial charge in [-0.1, -0.05) is 12.1 Å². The molecule has 0 unspecified atom stereocenters. The predicted molar refractivity (Wildman–Crippen MR) is 62.8 cm³/mol. The van der Waals surface area contributed by atoms with Crippen molar-refractivity contribution >= 4 is 0 Å². The van der Waals surface area contributed by atoms with E-state index in [2.05, 4.69) is 20.5 Å². The first-order valence-electron chi connectivity index (χ1n) is 5.64. The first-order valence-corrected chi connectivity index (χ1v) is 5.64. The number of rotatable bonds is 6. The first-order chi connectivity index (χ1) is 8.34. The average Bonchev–Trinajstić information content (AvgIpc) is 2.82. The molecule has 4 nitrogen and oxygen atoms in total. The number of nitrogens with one attached hydrogen (secondary N) is 2.